The highest BCUT2D eigenvalue weighted by Gasteiger charge is 2.22. The van der Waals surface area contributed by atoms with Crippen molar-refractivity contribution in [3.05, 3.63) is 42.0 Å². The Kier molecular flexibility index (Phi) is 6.48. The van der Waals surface area contributed by atoms with Gasteiger partial charge >= 0.3 is 6.03 Å². The molecule has 0 aromatic heterocycles. The second-order valence-corrected chi connectivity index (χ2v) is 7.01. The van der Waals surface area contributed by atoms with Crippen LogP contribution in [0.3, 0.4) is 0 Å². The summed E-state index contributed by atoms with van der Waals surface area (Å²) in [6.45, 7) is 5.16. The molecule has 2 aliphatic heterocycles. The number of aliphatic hydroxyl groups is 1. The van der Waals surface area contributed by atoms with Gasteiger partial charge in [-0.25, -0.2) is 4.79 Å². The van der Waals surface area contributed by atoms with Gasteiger partial charge in [0.05, 0.1) is 6.61 Å². The van der Waals surface area contributed by atoms with Crippen molar-refractivity contribution in [1.29, 1.82) is 0 Å². The quantitative estimate of drug-likeness (QED) is 0.862. The minimum absolute atomic E-state index is 0.0441. The van der Waals surface area contributed by atoms with Gasteiger partial charge in [-0.3, -0.25) is 0 Å². The summed E-state index contributed by atoms with van der Waals surface area (Å²) < 4.78 is 0. The van der Waals surface area contributed by atoms with Crippen LogP contribution in [0.4, 0.5) is 4.79 Å². The van der Waals surface area contributed by atoms with E-state index in [-0.39, 0.29) is 12.6 Å². The second-order valence-electron chi connectivity index (χ2n) is 7.01. The number of aliphatic hydroxyl groups excluding tert-OH is 1. The van der Waals surface area contributed by atoms with Crippen LogP contribution >= 0.6 is 0 Å². The van der Waals surface area contributed by atoms with Gasteiger partial charge in [-0.05, 0) is 42.9 Å². The van der Waals surface area contributed by atoms with Crippen LogP contribution in [-0.4, -0.2) is 66.8 Å². The van der Waals surface area contributed by atoms with E-state index in [1.165, 1.54) is 11.1 Å². The Hall–Kier alpha value is -1.85. The van der Waals surface area contributed by atoms with Gasteiger partial charge in [-0.15, -0.1) is 0 Å². The molecule has 0 saturated carbocycles. The number of nitrogens with one attached hydrogen (secondary N) is 1. The number of carbonyl (C=O) groups is 1. The largest absolute Gasteiger partial charge is 0.395 e. The van der Waals surface area contributed by atoms with Crippen molar-refractivity contribution >= 4 is 11.6 Å². The summed E-state index contributed by atoms with van der Waals surface area (Å²) in [5.41, 5.74) is 2.59. The van der Waals surface area contributed by atoms with Crippen molar-refractivity contribution in [2.24, 2.45) is 5.92 Å². The Morgan fingerprint density at radius 3 is 2.80 bits per heavy atom. The Labute approximate surface area is 150 Å². The molecule has 2 heterocycles. The average Bonchev–Trinajstić information content (AvgIpc) is 2.67. The van der Waals surface area contributed by atoms with Crippen LogP contribution in [-0.2, 0) is 0 Å². The third-order valence-electron chi connectivity index (χ3n) is 5.20. The molecule has 2 N–H and O–H groups in total. The van der Waals surface area contributed by atoms with E-state index in [0.717, 1.165) is 52.0 Å². The monoisotopic (exact) mass is 343 g/mol. The van der Waals surface area contributed by atoms with Crippen molar-refractivity contribution < 1.29 is 9.90 Å². The first-order valence-electron chi connectivity index (χ1n) is 9.36. The number of carbonyl (C=O) groups excluding carboxylic acids is 1. The van der Waals surface area contributed by atoms with E-state index in [0.29, 0.717) is 12.5 Å². The van der Waals surface area contributed by atoms with Crippen molar-refractivity contribution in [2.45, 2.75) is 19.3 Å². The molecule has 0 spiro atoms. The van der Waals surface area contributed by atoms with E-state index < -0.39 is 0 Å². The number of likely N-dealkylation sites (tertiary alicyclic amines) is 1. The van der Waals surface area contributed by atoms with E-state index in [4.69, 9.17) is 5.11 Å². The topological polar surface area (TPSA) is 55.8 Å². The molecular formula is C20H29N3O2. The molecule has 0 aliphatic carbocycles. The first-order valence-corrected chi connectivity index (χ1v) is 9.36. The molecular weight excluding hydrogens is 314 g/mol. The second kappa shape index (κ2) is 9.02. The maximum absolute atomic E-state index is 12.4. The van der Waals surface area contributed by atoms with Crippen LogP contribution in [0.25, 0.3) is 5.57 Å². The molecule has 2 aliphatic rings. The molecule has 3 rings (SSSR count). The maximum atomic E-state index is 12.4. The summed E-state index contributed by atoms with van der Waals surface area (Å²) in [6, 6.07) is 10.4. The molecule has 5 nitrogen and oxygen atoms in total. The lowest BCUT2D eigenvalue weighted by atomic mass is 9.98. The molecule has 25 heavy (non-hydrogen) atoms. The molecule has 1 unspecified atom stereocenters. The zero-order valence-electron chi connectivity index (χ0n) is 14.9. The van der Waals surface area contributed by atoms with Crippen molar-refractivity contribution in [3.8, 4) is 0 Å². The van der Waals surface area contributed by atoms with Gasteiger partial charge in [0.15, 0.2) is 0 Å². The minimum atomic E-state index is 0.0441. The number of urea groups is 1. The summed E-state index contributed by atoms with van der Waals surface area (Å²) in [5, 5.41) is 12.2. The number of benzene rings is 1. The van der Waals surface area contributed by atoms with Gasteiger partial charge in [0.2, 0.25) is 0 Å². The average molecular weight is 343 g/mol. The molecule has 0 radical (unpaired) electrons. The molecule has 2 amide bonds. The SMILES string of the molecule is O=C(NCC1CCCN(CCO)C1)N1CC=C(c2ccccc2)CC1. The lowest BCUT2D eigenvalue weighted by Gasteiger charge is -2.33. The van der Waals surface area contributed by atoms with Gasteiger partial charge in [-0.1, -0.05) is 36.4 Å². The zero-order valence-corrected chi connectivity index (χ0v) is 14.9. The first-order chi connectivity index (χ1) is 12.3. The Balaban J connectivity index is 1.44. The smallest absolute Gasteiger partial charge is 0.317 e. The Bertz CT molecular complexity index is 586. The highest BCUT2D eigenvalue weighted by molar-refractivity contribution is 5.76. The lowest BCUT2D eigenvalue weighted by molar-refractivity contribution is 0.137. The summed E-state index contributed by atoms with van der Waals surface area (Å²) in [4.78, 5) is 16.6. The number of nitrogens with zero attached hydrogens (tertiary/aromatic N) is 2. The molecule has 0 bridgehead atoms. The molecule has 1 aromatic rings. The van der Waals surface area contributed by atoms with Crippen LogP contribution in [0.15, 0.2) is 36.4 Å². The molecule has 1 aromatic carbocycles. The van der Waals surface area contributed by atoms with E-state index in [1.54, 1.807) is 0 Å². The van der Waals surface area contributed by atoms with E-state index >= 15 is 0 Å². The van der Waals surface area contributed by atoms with Crippen molar-refractivity contribution in [2.75, 3.05) is 45.9 Å². The fourth-order valence-electron chi connectivity index (χ4n) is 3.77. The van der Waals surface area contributed by atoms with Gasteiger partial charge in [0.1, 0.15) is 0 Å². The summed E-state index contributed by atoms with van der Waals surface area (Å²) in [6.07, 6.45) is 5.38. The first kappa shape index (κ1) is 18.0. The maximum Gasteiger partial charge on any atom is 0.317 e. The fourth-order valence-corrected chi connectivity index (χ4v) is 3.77. The predicted molar refractivity (Wildman–Crippen MR) is 100 cm³/mol. The fraction of sp³-hybridized carbons (Fsp3) is 0.550. The standard InChI is InChI=1S/C20H29N3O2/c24-14-13-22-10-4-5-17(16-22)15-21-20(25)23-11-8-19(9-12-23)18-6-2-1-3-7-18/h1-3,6-8,17,24H,4-5,9-16H2,(H,21,25). The minimum Gasteiger partial charge on any atom is -0.395 e. The number of amides is 2. The normalized spacial score (nSPS) is 21.7. The Morgan fingerprint density at radius 1 is 1.24 bits per heavy atom. The molecule has 5 heteroatoms. The molecule has 1 atom stereocenters. The summed E-state index contributed by atoms with van der Waals surface area (Å²) in [7, 11) is 0. The van der Waals surface area contributed by atoms with E-state index in [1.807, 2.05) is 11.0 Å². The van der Waals surface area contributed by atoms with Gasteiger partial charge in [0, 0.05) is 32.7 Å². The predicted octanol–water partition coefficient (Wildman–Crippen LogP) is 2.19. The number of rotatable bonds is 5. The van der Waals surface area contributed by atoms with Crippen LogP contribution < -0.4 is 5.32 Å². The molecule has 136 valence electrons. The van der Waals surface area contributed by atoms with Gasteiger partial charge in [-0.2, -0.15) is 0 Å². The number of β-amino-alcohol motifs (C(OH)–C–C–N with tert-alkyl or cyclic N) is 1. The number of piperidine rings is 1. The van der Waals surface area contributed by atoms with E-state index in [2.05, 4.69) is 40.6 Å². The van der Waals surface area contributed by atoms with Crippen LogP contribution in [0, 0.1) is 5.92 Å². The summed E-state index contributed by atoms with van der Waals surface area (Å²) in [5.74, 6) is 0.490. The van der Waals surface area contributed by atoms with Crippen LogP contribution in [0.2, 0.25) is 0 Å². The van der Waals surface area contributed by atoms with Crippen molar-refractivity contribution in [3.63, 3.8) is 0 Å². The van der Waals surface area contributed by atoms with Gasteiger partial charge < -0.3 is 20.2 Å². The highest BCUT2D eigenvalue weighted by atomic mass is 16.3. The number of hydrogen-bond donors (Lipinski definition) is 2. The molecule has 1 fully saturated rings. The third-order valence-corrected chi connectivity index (χ3v) is 5.20. The van der Waals surface area contributed by atoms with Crippen molar-refractivity contribution in [1.82, 2.24) is 15.1 Å². The molecule has 1 saturated heterocycles. The lowest BCUT2D eigenvalue weighted by Crippen LogP contribution is -2.46. The van der Waals surface area contributed by atoms with Crippen LogP contribution in [0.1, 0.15) is 24.8 Å². The van der Waals surface area contributed by atoms with E-state index in [9.17, 15) is 4.79 Å². The van der Waals surface area contributed by atoms with Gasteiger partial charge in [0.25, 0.3) is 0 Å². The summed E-state index contributed by atoms with van der Waals surface area (Å²) >= 11 is 0. The Morgan fingerprint density at radius 2 is 2.08 bits per heavy atom. The zero-order chi connectivity index (χ0) is 17.5. The highest BCUT2D eigenvalue weighted by Crippen LogP contribution is 2.22. The third kappa shape index (κ3) is 5.06. The number of hydrogen-bond acceptors (Lipinski definition) is 3. The van der Waals surface area contributed by atoms with Crippen LogP contribution in [0.5, 0.6) is 0 Å².